The maximum atomic E-state index is 10.9. The van der Waals surface area contributed by atoms with Crippen molar-refractivity contribution in [2.45, 2.75) is 46.6 Å². The molecule has 2 atom stereocenters. The summed E-state index contributed by atoms with van der Waals surface area (Å²) >= 11 is 0. The average Bonchev–Trinajstić information content (AvgIpc) is 2.01. The van der Waals surface area contributed by atoms with Crippen molar-refractivity contribution in [2.75, 3.05) is 0 Å². The standard InChI is InChI=1S/C12H18O2/c1-9(13)14-11-8-6-5-7-10(11)12(2,3)4/h10-11H,5,7H2,1-4H3. The molecule has 1 rings (SSSR count). The lowest BCUT2D eigenvalue weighted by Crippen LogP contribution is -2.35. The van der Waals surface area contributed by atoms with E-state index in [1.807, 2.05) is 0 Å². The molecular weight excluding hydrogens is 176 g/mol. The first-order valence-corrected chi connectivity index (χ1v) is 5.07. The van der Waals surface area contributed by atoms with E-state index in [4.69, 9.17) is 4.74 Å². The van der Waals surface area contributed by atoms with Crippen molar-refractivity contribution in [3.05, 3.63) is 0 Å². The second kappa shape index (κ2) is 4.04. The molecule has 14 heavy (non-hydrogen) atoms. The Morgan fingerprint density at radius 1 is 1.43 bits per heavy atom. The zero-order valence-electron chi connectivity index (χ0n) is 9.39. The SMILES string of the molecule is CC(=O)OC1C#CCCC1C(C)(C)C. The van der Waals surface area contributed by atoms with E-state index >= 15 is 0 Å². The van der Waals surface area contributed by atoms with E-state index in [0.29, 0.717) is 5.92 Å². The van der Waals surface area contributed by atoms with Gasteiger partial charge in [-0.25, -0.2) is 0 Å². The number of rotatable bonds is 1. The van der Waals surface area contributed by atoms with E-state index in [-0.39, 0.29) is 17.5 Å². The molecule has 1 aliphatic rings. The van der Waals surface area contributed by atoms with Crippen molar-refractivity contribution in [1.82, 2.24) is 0 Å². The molecule has 2 unspecified atom stereocenters. The molecule has 2 heteroatoms. The van der Waals surface area contributed by atoms with E-state index in [1.165, 1.54) is 6.92 Å². The van der Waals surface area contributed by atoms with Crippen molar-refractivity contribution < 1.29 is 9.53 Å². The van der Waals surface area contributed by atoms with Crippen molar-refractivity contribution in [3.63, 3.8) is 0 Å². The highest BCUT2D eigenvalue weighted by Crippen LogP contribution is 2.35. The fraction of sp³-hybridized carbons (Fsp3) is 0.750. The maximum absolute atomic E-state index is 10.9. The summed E-state index contributed by atoms with van der Waals surface area (Å²) in [6.07, 6.45) is 1.73. The van der Waals surface area contributed by atoms with Gasteiger partial charge in [0.15, 0.2) is 6.10 Å². The summed E-state index contributed by atoms with van der Waals surface area (Å²) in [4.78, 5) is 10.9. The van der Waals surface area contributed by atoms with Gasteiger partial charge in [0.25, 0.3) is 0 Å². The first-order valence-electron chi connectivity index (χ1n) is 5.07. The molecule has 0 saturated carbocycles. The van der Waals surface area contributed by atoms with E-state index in [9.17, 15) is 4.79 Å². The van der Waals surface area contributed by atoms with Crippen molar-refractivity contribution >= 4 is 5.97 Å². The number of carbonyl (C=O) groups excluding carboxylic acids is 1. The first-order chi connectivity index (χ1) is 6.41. The molecule has 0 heterocycles. The summed E-state index contributed by atoms with van der Waals surface area (Å²) in [5.74, 6) is 6.15. The fourth-order valence-corrected chi connectivity index (χ4v) is 1.83. The van der Waals surface area contributed by atoms with Gasteiger partial charge in [-0.2, -0.15) is 0 Å². The van der Waals surface area contributed by atoms with Crippen LogP contribution >= 0.6 is 0 Å². The van der Waals surface area contributed by atoms with Gasteiger partial charge < -0.3 is 4.74 Å². The van der Waals surface area contributed by atoms with Gasteiger partial charge >= 0.3 is 5.97 Å². The molecule has 0 amide bonds. The quantitative estimate of drug-likeness (QED) is 0.473. The van der Waals surface area contributed by atoms with Crippen molar-refractivity contribution in [3.8, 4) is 11.8 Å². The van der Waals surface area contributed by atoms with Gasteiger partial charge in [-0.1, -0.05) is 32.6 Å². The van der Waals surface area contributed by atoms with Crippen LogP contribution in [0.1, 0.15) is 40.5 Å². The van der Waals surface area contributed by atoms with Gasteiger partial charge in [0.2, 0.25) is 0 Å². The Hall–Kier alpha value is -0.970. The predicted molar refractivity (Wildman–Crippen MR) is 55.5 cm³/mol. The van der Waals surface area contributed by atoms with Crippen LogP contribution in [0.4, 0.5) is 0 Å². The summed E-state index contributed by atoms with van der Waals surface area (Å²) in [6, 6.07) is 0. The molecule has 2 nitrogen and oxygen atoms in total. The van der Waals surface area contributed by atoms with Crippen LogP contribution in [-0.2, 0) is 9.53 Å². The largest absolute Gasteiger partial charge is 0.449 e. The Morgan fingerprint density at radius 3 is 2.57 bits per heavy atom. The summed E-state index contributed by atoms with van der Waals surface area (Å²) in [6.45, 7) is 7.94. The molecule has 0 N–H and O–H groups in total. The average molecular weight is 194 g/mol. The molecule has 0 radical (unpaired) electrons. The Kier molecular flexibility index (Phi) is 3.21. The summed E-state index contributed by atoms with van der Waals surface area (Å²) < 4.78 is 5.22. The lowest BCUT2D eigenvalue weighted by atomic mass is 9.73. The van der Waals surface area contributed by atoms with Crippen molar-refractivity contribution in [1.29, 1.82) is 0 Å². The number of hydrogen-bond acceptors (Lipinski definition) is 2. The summed E-state index contributed by atoms with van der Waals surface area (Å²) in [5, 5.41) is 0. The summed E-state index contributed by atoms with van der Waals surface area (Å²) in [7, 11) is 0. The monoisotopic (exact) mass is 194 g/mol. The third-order valence-electron chi connectivity index (χ3n) is 2.60. The lowest BCUT2D eigenvalue weighted by Gasteiger charge is -2.35. The minimum absolute atomic E-state index is 0.148. The highest BCUT2D eigenvalue weighted by molar-refractivity contribution is 5.66. The van der Waals surface area contributed by atoms with E-state index in [1.54, 1.807) is 0 Å². The van der Waals surface area contributed by atoms with E-state index in [0.717, 1.165) is 12.8 Å². The van der Waals surface area contributed by atoms with Crippen LogP contribution in [0.2, 0.25) is 0 Å². The Bertz CT molecular complexity index is 275. The second-order valence-electron chi connectivity index (χ2n) is 4.86. The summed E-state index contributed by atoms with van der Waals surface area (Å²) in [5.41, 5.74) is 0.148. The van der Waals surface area contributed by atoms with Crippen LogP contribution in [0.5, 0.6) is 0 Å². The molecule has 0 fully saturated rings. The Morgan fingerprint density at radius 2 is 2.07 bits per heavy atom. The molecule has 78 valence electrons. The van der Waals surface area contributed by atoms with Crippen LogP contribution in [0.25, 0.3) is 0 Å². The Labute approximate surface area is 86.0 Å². The second-order valence-corrected chi connectivity index (χ2v) is 4.86. The highest BCUT2D eigenvalue weighted by Gasteiger charge is 2.34. The molecule has 0 bridgehead atoms. The van der Waals surface area contributed by atoms with Crippen LogP contribution in [-0.4, -0.2) is 12.1 Å². The molecular formula is C12H18O2. The minimum Gasteiger partial charge on any atom is -0.449 e. The van der Waals surface area contributed by atoms with Gasteiger partial charge in [-0.05, 0) is 11.8 Å². The maximum Gasteiger partial charge on any atom is 0.303 e. The number of hydrogen-bond donors (Lipinski definition) is 0. The molecule has 1 aliphatic carbocycles. The number of esters is 1. The number of carbonyl (C=O) groups is 1. The molecule has 0 aromatic rings. The molecule has 0 spiro atoms. The molecule has 0 saturated heterocycles. The van der Waals surface area contributed by atoms with Gasteiger partial charge in [-0.3, -0.25) is 4.79 Å². The van der Waals surface area contributed by atoms with Crippen LogP contribution < -0.4 is 0 Å². The van der Waals surface area contributed by atoms with Crippen molar-refractivity contribution in [2.24, 2.45) is 11.3 Å². The van der Waals surface area contributed by atoms with Gasteiger partial charge in [-0.15, -0.1) is 0 Å². The third-order valence-corrected chi connectivity index (χ3v) is 2.60. The predicted octanol–water partition coefficient (Wildman–Crippen LogP) is 2.38. The minimum atomic E-state index is -0.236. The van der Waals surface area contributed by atoms with Crippen LogP contribution in [0.15, 0.2) is 0 Å². The van der Waals surface area contributed by atoms with Gasteiger partial charge in [0.1, 0.15) is 0 Å². The zero-order chi connectivity index (χ0) is 10.8. The first kappa shape index (κ1) is 11.1. The lowest BCUT2D eigenvalue weighted by molar-refractivity contribution is -0.147. The van der Waals surface area contributed by atoms with E-state index < -0.39 is 0 Å². The van der Waals surface area contributed by atoms with Crippen LogP contribution in [0, 0.1) is 23.2 Å². The molecule has 0 aromatic carbocycles. The Balaban J connectivity index is 2.76. The number of ether oxygens (including phenoxy) is 1. The zero-order valence-corrected chi connectivity index (χ0v) is 9.39. The molecule has 0 aromatic heterocycles. The van der Waals surface area contributed by atoms with Gasteiger partial charge in [0.05, 0.1) is 0 Å². The van der Waals surface area contributed by atoms with E-state index in [2.05, 4.69) is 32.6 Å². The molecule has 0 aliphatic heterocycles. The van der Waals surface area contributed by atoms with Crippen LogP contribution in [0.3, 0.4) is 0 Å². The highest BCUT2D eigenvalue weighted by atomic mass is 16.5. The topological polar surface area (TPSA) is 26.3 Å². The fourth-order valence-electron chi connectivity index (χ4n) is 1.83. The normalized spacial score (nSPS) is 26.3. The smallest absolute Gasteiger partial charge is 0.303 e. The third kappa shape index (κ3) is 2.77. The van der Waals surface area contributed by atoms with Gasteiger partial charge in [0, 0.05) is 19.3 Å².